The number of halogens is 2. The Balaban J connectivity index is 2.04. The molecule has 102 valence electrons. The Morgan fingerprint density at radius 1 is 1.20 bits per heavy atom. The minimum Gasteiger partial charge on any atom is -0.340 e. The van der Waals surface area contributed by atoms with Crippen LogP contribution in [0.1, 0.15) is 22.8 Å². The van der Waals surface area contributed by atoms with Crippen molar-refractivity contribution < 1.29 is 9.18 Å². The van der Waals surface area contributed by atoms with Crippen molar-refractivity contribution in [2.24, 2.45) is 0 Å². The molecule has 0 amide bonds. The maximum absolute atomic E-state index is 13.4. The summed E-state index contributed by atoms with van der Waals surface area (Å²) in [5.74, 6) is -0.279. The first-order valence-electron chi connectivity index (χ1n) is 6.43. The Bertz CT molecular complexity index is 699. The van der Waals surface area contributed by atoms with Gasteiger partial charge in [0, 0.05) is 17.8 Å². The molecule has 1 aliphatic rings. The SMILES string of the molecule is CC(=O)c1ccc(N2CCc3ccc(F)cc32)c(Cl)c1. The number of Topliss-reactive ketones (excluding diaryl/α,β-unsaturated/α-hetero) is 1. The number of rotatable bonds is 2. The molecule has 1 aliphatic heterocycles. The van der Waals surface area contributed by atoms with Crippen molar-refractivity contribution in [3.05, 3.63) is 58.4 Å². The Labute approximate surface area is 121 Å². The second kappa shape index (κ2) is 4.91. The summed E-state index contributed by atoms with van der Waals surface area (Å²) >= 11 is 6.27. The van der Waals surface area contributed by atoms with Crippen molar-refractivity contribution in [2.45, 2.75) is 13.3 Å². The van der Waals surface area contributed by atoms with Gasteiger partial charge < -0.3 is 4.90 Å². The highest BCUT2D eigenvalue weighted by molar-refractivity contribution is 6.33. The number of anilines is 2. The highest BCUT2D eigenvalue weighted by Gasteiger charge is 2.22. The molecule has 0 radical (unpaired) electrons. The van der Waals surface area contributed by atoms with Crippen LogP contribution in [0.4, 0.5) is 15.8 Å². The van der Waals surface area contributed by atoms with Crippen LogP contribution in [0.3, 0.4) is 0 Å². The Morgan fingerprint density at radius 2 is 2.00 bits per heavy atom. The molecule has 0 unspecified atom stereocenters. The van der Waals surface area contributed by atoms with Gasteiger partial charge in [0.05, 0.1) is 10.7 Å². The summed E-state index contributed by atoms with van der Waals surface area (Å²) in [5, 5.41) is 0.509. The lowest BCUT2D eigenvalue weighted by Gasteiger charge is -2.21. The number of ketones is 1. The van der Waals surface area contributed by atoms with Crippen molar-refractivity contribution in [1.82, 2.24) is 0 Å². The van der Waals surface area contributed by atoms with E-state index in [1.807, 2.05) is 17.0 Å². The molecule has 0 saturated carbocycles. The van der Waals surface area contributed by atoms with Gasteiger partial charge in [-0.25, -0.2) is 4.39 Å². The van der Waals surface area contributed by atoms with E-state index in [1.54, 1.807) is 12.1 Å². The van der Waals surface area contributed by atoms with Crippen LogP contribution < -0.4 is 4.90 Å². The van der Waals surface area contributed by atoms with Gasteiger partial charge in [0.1, 0.15) is 5.82 Å². The van der Waals surface area contributed by atoms with Crippen LogP contribution in [0.2, 0.25) is 5.02 Å². The van der Waals surface area contributed by atoms with E-state index in [2.05, 4.69) is 0 Å². The topological polar surface area (TPSA) is 20.3 Å². The average Bonchev–Trinajstić information content (AvgIpc) is 2.81. The highest BCUT2D eigenvalue weighted by Crippen LogP contribution is 2.38. The summed E-state index contributed by atoms with van der Waals surface area (Å²) in [4.78, 5) is 13.3. The molecule has 0 fully saturated rings. The maximum Gasteiger partial charge on any atom is 0.159 e. The first-order valence-corrected chi connectivity index (χ1v) is 6.80. The van der Waals surface area contributed by atoms with Gasteiger partial charge in [-0.05, 0) is 49.2 Å². The van der Waals surface area contributed by atoms with Crippen LogP contribution in [-0.2, 0) is 6.42 Å². The van der Waals surface area contributed by atoms with E-state index >= 15 is 0 Å². The van der Waals surface area contributed by atoms with E-state index in [0.717, 1.165) is 29.9 Å². The molecule has 2 aromatic carbocycles. The van der Waals surface area contributed by atoms with E-state index < -0.39 is 0 Å². The largest absolute Gasteiger partial charge is 0.340 e. The molecule has 3 rings (SSSR count). The molecule has 20 heavy (non-hydrogen) atoms. The fourth-order valence-corrected chi connectivity index (χ4v) is 2.83. The predicted octanol–water partition coefficient (Wildman–Crippen LogP) is 4.38. The molecule has 2 aromatic rings. The third-order valence-corrected chi connectivity index (χ3v) is 3.89. The lowest BCUT2D eigenvalue weighted by molar-refractivity contribution is 0.101. The van der Waals surface area contributed by atoms with Gasteiger partial charge in [0.2, 0.25) is 0 Å². The van der Waals surface area contributed by atoms with Crippen molar-refractivity contribution in [2.75, 3.05) is 11.4 Å². The number of benzene rings is 2. The second-order valence-corrected chi connectivity index (χ2v) is 5.30. The minimum atomic E-state index is -0.257. The van der Waals surface area contributed by atoms with Crippen LogP contribution in [-0.4, -0.2) is 12.3 Å². The number of hydrogen-bond acceptors (Lipinski definition) is 2. The third-order valence-electron chi connectivity index (χ3n) is 3.59. The molecule has 1 heterocycles. The van der Waals surface area contributed by atoms with E-state index in [4.69, 9.17) is 11.6 Å². The van der Waals surface area contributed by atoms with Crippen LogP contribution in [0, 0.1) is 5.82 Å². The van der Waals surface area contributed by atoms with E-state index in [1.165, 1.54) is 19.1 Å². The molecular formula is C16H13ClFNO. The molecule has 2 nitrogen and oxygen atoms in total. The van der Waals surface area contributed by atoms with Gasteiger partial charge in [0.25, 0.3) is 0 Å². The van der Waals surface area contributed by atoms with Gasteiger partial charge in [0.15, 0.2) is 5.78 Å². The molecule has 0 atom stereocenters. The smallest absolute Gasteiger partial charge is 0.159 e. The highest BCUT2D eigenvalue weighted by atomic mass is 35.5. The predicted molar refractivity (Wildman–Crippen MR) is 78.6 cm³/mol. The molecule has 0 aromatic heterocycles. The number of carbonyl (C=O) groups excluding carboxylic acids is 1. The summed E-state index contributed by atoms with van der Waals surface area (Å²) < 4.78 is 13.4. The van der Waals surface area contributed by atoms with Crippen molar-refractivity contribution in [3.63, 3.8) is 0 Å². The van der Waals surface area contributed by atoms with E-state index in [0.29, 0.717) is 10.6 Å². The number of hydrogen-bond donors (Lipinski definition) is 0. The van der Waals surface area contributed by atoms with Gasteiger partial charge in [-0.1, -0.05) is 17.7 Å². The summed E-state index contributed by atoms with van der Waals surface area (Å²) in [5.41, 5.74) is 3.35. The molecule has 4 heteroatoms. The van der Waals surface area contributed by atoms with Crippen molar-refractivity contribution in [3.8, 4) is 0 Å². The summed E-state index contributed by atoms with van der Waals surface area (Å²) in [7, 11) is 0. The Morgan fingerprint density at radius 3 is 2.70 bits per heavy atom. The summed E-state index contributed by atoms with van der Waals surface area (Å²) in [6, 6.07) is 10.0. The zero-order chi connectivity index (χ0) is 14.3. The van der Waals surface area contributed by atoms with Gasteiger partial charge in [-0.2, -0.15) is 0 Å². The quantitative estimate of drug-likeness (QED) is 0.765. The van der Waals surface area contributed by atoms with E-state index in [-0.39, 0.29) is 11.6 Å². The molecule has 0 spiro atoms. The van der Waals surface area contributed by atoms with Gasteiger partial charge >= 0.3 is 0 Å². The molecule has 0 aliphatic carbocycles. The van der Waals surface area contributed by atoms with Crippen LogP contribution in [0.25, 0.3) is 0 Å². The average molecular weight is 290 g/mol. The monoisotopic (exact) mass is 289 g/mol. The zero-order valence-electron chi connectivity index (χ0n) is 11.0. The lowest BCUT2D eigenvalue weighted by Crippen LogP contribution is -2.14. The fourth-order valence-electron chi connectivity index (χ4n) is 2.55. The Hall–Kier alpha value is -1.87. The van der Waals surface area contributed by atoms with Gasteiger partial charge in [-0.15, -0.1) is 0 Å². The summed E-state index contributed by atoms with van der Waals surface area (Å²) in [6.07, 6.45) is 0.862. The number of nitrogens with zero attached hydrogens (tertiary/aromatic N) is 1. The fraction of sp³-hybridized carbons (Fsp3) is 0.188. The number of fused-ring (bicyclic) bond motifs is 1. The molecule has 0 N–H and O–H groups in total. The van der Waals surface area contributed by atoms with Crippen LogP contribution >= 0.6 is 11.6 Å². The minimum absolute atomic E-state index is 0.0219. The van der Waals surface area contributed by atoms with Crippen molar-refractivity contribution >= 4 is 28.8 Å². The molecule has 0 saturated heterocycles. The standard InChI is InChI=1S/C16H13ClFNO/c1-10(20)12-3-5-15(14(17)8-12)19-7-6-11-2-4-13(18)9-16(11)19/h2-5,8-9H,6-7H2,1H3. The Kier molecular flexibility index (Phi) is 3.22. The van der Waals surface area contributed by atoms with E-state index in [9.17, 15) is 9.18 Å². The van der Waals surface area contributed by atoms with Crippen molar-refractivity contribution in [1.29, 1.82) is 0 Å². The molecular weight excluding hydrogens is 277 g/mol. The number of carbonyl (C=O) groups is 1. The van der Waals surface area contributed by atoms with Crippen LogP contribution in [0.5, 0.6) is 0 Å². The first kappa shape index (κ1) is 13.1. The normalized spacial score (nSPS) is 13.4. The molecule has 0 bridgehead atoms. The van der Waals surface area contributed by atoms with Crippen LogP contribution in [0.15, 0.2) is 36.4 Å². The first-order chi connectivity index (χ1) is 9.56. The third kappa shape index (κ3) is 2.18. The summed E-state index contributed by atoms with van der Waals surface area (Å²) in [6.45, 7) is 2.27. The van der Waals surface area contributed by atoms with Gasteiger partial charge in [-0.3, -0.25) is 4.79 Å². The zero-order valence-corrected chi connectivity index (χ0v) is 11.7. The lowest BCUT2D eigenvalue weighted by atomic mass is 10.1. The maximum atomic E-state index is 13.4. The second-order valence-electron chi connectivity index (χ2n) is 4.90.